The van der Waals surface area contributed by atoms with Gasteiger partial charge in [0.25, 0.3) is 0 Å². The minimum absolute atomic E-state index is 0.0481. The van der Waals surface area contributed by atoms with E-state index in [1.54, 1.807) is 11.8 Å². The molecule has 0 unspecified atom stereocenters. The molecule has 5 heteroatoms. The first-order chi connectivity index (χ1) is 9.02. The van der Waals surface area contributed by atoms with Crippen molar-refractivity contribution in [2.75, 3.05) is 26.0 Å². The van der Waals surface area contributed by atoms with Gasteiger partial charge in [-0.05, 0) is 44.4 Å². The number of carbonyl (C=O) groups is 1. The molecule has 1 aromatic rings. The molecular formula is C14H21NO3S. The Kier molecular flexibility index (Phi) is 6.73. The van der Waals surface area contributed by atoms with Crippen molar-refractivity contribution in [3.63, 3.8) is 0 Å². The number of carboxylic acids is 1. The van der Waals surface area contributed by atoms with Crippen LogP contribution >= 0.6 is 11.8 Å². The van der Waals surface area contributed by atoms with Crippen molar-refractivity contribution in [3.05, 3.63) is 24.3 Å². The molecule has 0 fully saturated rings. The minimum Gasteiger partial charge on any atom is -0.492 e. The summed E-state index contributed by atoms with van der Waals surface area (Å²) in [5.41, 5.74) is 0. The lowest BCUT2D eigenvalue weighted by Crippen LogP contribution is -2.38. The summed E-state index contributed by atoms with van der Waals surface area (Å²) in [4.78, 5) is 13.8. The Bertz CT molecular complexity index is 392. The van der Waals surface area contributed by atoms with Crippen molar-refractivity contribution in [3.8, 4) is 5.75 Å². The maximum Gasteiger partial charge on any atom is 0.317 e. The Labute approximate surface area is 118 Å². The van der Waals surface area contributed by atoms with Crippen LogP contribution in [0.2, 0.25) is 0 Å². The summed E-state index contributed by atoms with van der Waals surface area (Å²) in [5, 5.41) is 8.82. The van der Waals surface area contributed by atoms with Crippen LogP contribution in [0.5, 0.6) is 5.75 Å². The molecule has 0 aliphatic carbocycles. The van der Waals surface area contributed by atoms with E-state index in [0.717, 1.165) is 5.75 Å². The van der Waals surface area contributed by atoms with Gasteiger partial charge in [-0.15, -0.1) is 11.8 Å². The number of ether oxygens (including phenoxy) is 1. The molecule has 0 atom stereocenters. The molecule has 0 saturated heterocycles. The first kappa shape index (κ1) is 15.9. The number of carboxylic acid groups (broad SMARTS) is 1. The molecule has 0 amide bonds. The van der Waals surface area contributed by atoms with Crippen LogP contribution in [0.25, 0.3) is 0 Å². The van der Waals surface area contributed by atoms with Crippen LogP contribution in [-0.4, -0.2) is 48.0 Å². The Balaban J connectivity index is 2.40. The van der Waals surface area contributed by atoms with Crippen molar-refractivity contribution in [2.45, 2.75) is 24.8 Å². The molecule has 0 bridgehead atoms. The van der Waals surface area contributed by atoms with Gasteiger partial charge in [-0.3, -0.25) is 9.69 Å². The number of aliphatic carboxylic acids is 1. The summed E-state index contributed by atoms with van der Waals surface area (Å²) in [7, 11) is 0. The van der Waals surface area contributed by atoms with Crippen LogP contribution < -0.4 is 4.74 Å². The van der Waals surface area contributed by atoms with Gasteiger partial charge < -0.3 is 9.84 Å². The highest BCUT2D eigenvalue weighted by molar-refractivity contribution is 7.98. The number of thioether (sulfide) groups is 1. The average molecular weight is 283 g/mol. The molecule has 0 aliphatic heterocycles. The zero-order valence-corrected chi connectivity index (χ0v) is 12.4. The SMILES string of the molecule is CSc1ccc(OCCN(CC(=O)O)C(C)C)cc1. The largest absolute Gasteiger partial charge is 0.492 e. The van der Waals surface area contributed by atoms with Crippen LogP contribution in [-0.2, 0) is 4.79 Å². The second-order valence-electron chi connectivity index (χ2n) is 4.48. The predicted molar refractivity (Wildman–Crippen MR) is 78.1 cm³/mol. The van der Waals surface area contributed by atoms with Crippen LogP contribution in [0.1, 0.15) is 13.8 Å². The Hall–Kier alpha value is -1.20. The molecule has 19 heavy (non-hydrogen) atoms. The lowest BCUT2D eigenvalue weighted by atomic mass is 10.3. The molecule has 1 rings (SSSR count). The van der Waals surface area contributed by atoms with Gasteiger partial charge in [0.05, 0.1) is 6.54 Å². The van der Waals surface area contributed by atoms with Gasteiger partial charge in [-0.1, -0.05) is 0 Å². The molecule has 0 heterocycles. The van der Waals surface area contributed by atoms with Crippen molar-refractivity contribution in [1.29, 1.82) is 0 Å². The molecule has 0 aliphatic rings. The van der Waals surface area contributed by atoms with E-state index in [9.17, 15) is 4.79 Å². The number of rotatable bonds is 8. The Morgan fingerprint density at radius 3 is 2.47 bits per heavy atom. The van der Waals surface area contributed by atoms with E-state index in [2.05, 4.69) is 0 Å². The molecule has 0 aromatic heterocycles. The molecule has 0 saturated carbocycles. The smallest absolute Gasteiger partial charge is 0.317 e. The minimum atomic E-state index is -0.807. The molecule has 1 N–H and O–H groups in total. The normalized spacial score (nSPS) is 11.0. The summed E-state index contributed by atoms with van der Waals surface area (Å²) in [5.74, 6) is 0.00912. The number of hydrogen-bond donors (Lipinski definition) is 1. The van der Waals surface area contributed by atoms with Crippen LogP contribution in [0.4, 0.5) is 0 Å². The van der Waals surface area contributed by atoms with Gasteiger partial charge in [-0.25, -0.2) is 0 Å². The number of nitrogens with zero attached hydrogens (tertiary/aromatic N) is 1. The highest BCUT2D eigenvalue weighted by atomic mass is 32.2. The van der Waals surface area contributed by atoms with Gasteiger partial charge in [0.2, 0.25) is 0 Å². The van der Waals surface area contributed by atoms with Crippen LogP contribution in [0.15, 0.2) is 29.2 Å². The van der Waals surface area contributed by atoms with Crippen LogP contribution in [0.3, 0.4) is 0 Å². The Morgan fingerprint density at radius 2 is 2.00 bits per heavy atom. The molecule has 0 spiro atoms. The van der Waals surface area contributed by atoms with E-state index in [1.807, 2.05) is 49.3 Å². The van der Waals surface area contributed by atoms with E-state index in [0.29, 0.717) is 13.2 Å². The van der Waals surface area contributed by atoms with E-state index in [-0.39, 0.29) is 12.6 Å². The molecule has 106 valence electrons. The molecule has 1 aromatic carbocycles. The predicted octanol–water partition coefficient (Wildman–Crippen LogP) is 2.58. The third-order valence-corrected chi connectivity index (χ3v) is 3.52. The lowest BCUT2D eigenvalue weighted by Gasteiger charge is -2.24. The third-order valence-electron chi connectivity index (χ3n) is 2.78. The second-order valence-corrected chi connectivity index (χ2v) is 5.36. The first-order valence-corrected chi connectivity index (χ1v) is 7.48. The number of benzene rings is 1. The van der Waals surface area contributed by atoms with E-state index >= 15 is 0 Å². The lowest BCUT2D eigenvalue weighted by molar-refractivity contribution is -0.138. The highest BCUT2D eigenvalue weighted by Gasteiger charge is 2.12. The fraction of sp³-hybridized carbons (Fsp3) is 0.500. The Morgan fingerprint density at radius 1 is 1.37 bits per heavy atom. The second kappa shape index (κ2) is 8.07. The van der Waals surface area contributed by atoms with Crippen LogP contribution in [0, 0.1) is 0 Å². The van der Waals surface area contributed by atoms with Gasteiger partial charge in [0, 0.05) is 17.5 Å². The summed E-state index contributed by atoms with van der Waals surface area (Å²) in [6.07, 6.45) is 2.03. The maximum absolute atomic E-state index is 10.7. The molecular weight excluding hydrogens is 262 g/mol. The van der Waals surface area contributed by atoms with Gasteiger partial charge in [0.15, 0.2) is 0 Å². The maximum atomic E-state index is 10.7. The first-order valence-electron chi connectivity index (χ1n) is 6.25. The van der Waals surface area contributed by atoms with Crippen molar-refractivity contribution < 1.29 is 14.6 Å². The fourth-order valence-corrected chi connectivity index (χ4v) is 2.05. The van der Waals surface area contributed by atoms with E-state index in [1.165, 1.54) is 4.90 Å². The topological polar surface area (TPSA) is 49.8 Å². The van der Waals surface area contributed by atoms with Crippen molar-refractivity contribution in [1.82, 2.24) is 4.90 Å². The molecule has 0 radical (unpaired) electrons. The average Bonchev–Trinajstić information content (AvgIpc) is 2.37. The zero-order chi connectivity index (χ0) is 14.3. The standard InChI is InChI=1S/C14H21NO3S/c1-11(2)15(10-14(16)17)8-9-18-12-4-6-13(19-3)7-5-12/h4-7,11H,8-10H2,1-3H3,(H,16,17). The fourth-order valence-electron chi connectivity index (χ4n) is 1.65. The number of hydrogen-bond acceptors (Lipinski definition) is 4. The quantitative estimate of drug-likeness (QED) is 0.743. The van der Waals surface area contributed by atoms with Gasteiger partial charge in [0.1, 0.15) is 12.4 Å². The van der Waals surface area contributed by atoms with Gasteiger partial charge in [-0.2, -0.15) is 0 Å². The highest BCUT2D eigenvalue weighted by Crippen LogP contribution is 2.18. The van der Waals surface area contributed by atoms with E-state index < -0.39 is 5.97 Å². The van der Waals surface area contributed by atoms with E-state index in [4.69, 9.17) is 9.84 Å². The van der Waals surface area contributed by atoms with Crippen molar-refractivity contribution >= 4 is 17.7 Å². The van der Waals surface area contributed by atoms with Crippen molar-refractivity contribution in [2.24, 2.45) is 0 Å². The summed E-state index contributed by atoms with van der Waals surface area (Å²) >= 11 is 1.69. The molecule has 4 nitrogen and oxygen atoms in total. The third kappa shape index (κ3) is 5.98. The summed E-state index contributed by atoms with van der Waals surface area (Å²) in [6, 6.07) is 8.08. The summed E-state index contributed by atoms with van der Waals surface area (Å²) < 4.78 is 5.62. The summed E-state index contributed by atoms with van der Waals surface area (Å²) in [6.45, 7) is 5.11. The van der Waals surface area contributed by atoms with Gasteiger partial charge >= 0.3 is 5.97 Å². The zero-order valence-electron chi connectivity index (χ0n) is 11.6. The monoisotopic (exact) mass is 283 g/mol.